The minimum absolute atomic E-state index is 0.0131. The van der Waals surface area contributed by atoms with Crippen LogP contribution in [0.2, 0.25) is 0 Å². The molecule has 2 aliphatic rings. The van der Waals surface area contributed by atoms with Gasteiger partial charge in [0.15, 0.2) is 5.65 Å². The van der Waals surface area contributed by atoms with Gasteiger partial charge in [0, 0.05) is 36.7 Å². The molecule has 6 nitrogen and oxygen atoms in total. The van der Waals surface area contributed by atoms with Gasteiger partial charge in [-0.1, -0.05) is 6.92 Å². The number of aromatic nitrogens is 3. The summed E-state index contributed by atoms with van der Waals surface area (Å²) in [5.74, 6) is -0.782. The third kappa shape index (κ3) is 4.18. The Morgan fingerprint density at radius 1 is 1.16 bits per heavy atom. The van der Waals surface area contributed by atoms with Crippen LogP contribution < -0.4 is 0 Å². The number of aryl methyl sites for hydroxylation is 1. The number of methoxy groups -OCH3 is 1. The van der Waals surface area contributed by atoms with Gasteiger partial charge in [0.25, 0.3) is 0 Å². The summed E-state index contributed by atoms with van der Waals surface area (Å²) in [7, 11) is 1.39. The van der Waals surface area contributed by atoms with Gasteiger partial charge in [0.1, 0.15) is 0 Å². The van der Waals surface area contributed by atoms with Gasteiger partial charge >= 0.3 is 12.3 Å². The van der Waals surface area contributed by atoms with Crippen LogP contribution in [0.15, 0.2) is 6.07 Å². The van der Waals surface area contributed by atoms with Crippen LogP contribution in [-0.2, 0) is 4.74 Å². The summed E-state index contributed by atoms with van der Waals surface area (Å²) < 4.78 is 46.0. The van der Waals surface area contributed by atoms with Crippen LogP contribution in [0.4, 0.5) is 18.0 Å². The molecule has 2 aromatic heterocycles. The summed E-state index contributed by atoms with van der Waals surface area (Å²) in [4.78, 5) is 18.6. The lowest BCUT2D eigenvalue weighted by Gasteiger charge is -2.37. The number of fused-ring (bicyclic) bond motifs is 1. The average molecular weight is 453 g/mol. The number of alkyl halides is 3. The molecule has 1 aliphatic carbocycles. The minimum atomic E-state index is -4.12. The van der Waals surface area contributed by atoms with Crippen molar-refractivity contribution in [2.45, 2.75) is 70.9 Å². The topological polar surface area (TPSA) is 59.7 Å². The molecule has 1 saturated heterocycles. The van der Waals surface area contributed by atoms with Crippen LogP contribution >= 0.6 is 0 Å². The molecule has 0 radical (unpaired) electrons. The second-order valence-electron chi connectivity index (χ2n) is 9.43. The summed E-state index contributed by atoms with van der Waals surface area (Å²) in [6.45, 7) is 7.37. The summed E-state index contributed by atoms with van der Waals surface area (Å²) in [5, 5.41) is 4.86. The van der Waals surface area contributed by atoms with Crippen molar-refractivity contribution in [2.75, 3.05) is 20.2 Å². The lowest BCUT2D eigenvalue weighted by molar-refractivity contribution is -0.182. The highest BCUT2D eigenvalue weighted by Gasteiger charge is 2.42. The Hall–Kier alpha value is -2.32. The zero-order valence-electron chi connectivity index (χ0n) is 19.1. The van der Waals surface area contributed by atoms with E-state index in [1.54, 1.807) is 4.90 Å². The first kappa shape index (κ1) is 22.9. The molecule has 176 valence electrons. The van der Waals surface area contributed by atoms with Gasteiger partial charge in [-0.3, -0.25) is 0 Å². The Labute approximate surface area is 186 Å². The molecule has 0 bridgehead atoms. The summed E-state index contributed by atoms with van der Waals surface area (Å²) in [5.41, 5.74) is 4.51. The Bertz CT molecular complexity index is 995. The summed E-state index contributed by atoms with van der Waals surface area (Å²) in [6, 6.07) is 1.93. The van der Waals surface area contributed by atoms with Gasteiger partial charge in [-0.2, -0.15) is 18.3 Å². The van der Waals surface area contributed by atoms with Crippen LogP contribution in [0.1, 0.15) is 73.5 Å². The standard InChI is InChI=1S/C23H31F3N4O2/c1-13-9-10-29(22(31)32-4)12-18(13)21-14(2)15(3)27-20-11-19(28-30(20)21)16-5-7-17(8-6-16)23(24,25)26/h11,13,16-18H,5-10,12H2,1-4H3/t13-,16-,17-,18-/m1/s1. The van der Waals surface area contributed by atoms with Gasteiger partial charge in [-0.15, -0.1) is 0 Å². The SMILES string of the molecule is COC(=O)N1CC[C@@H](C)[C@H](c2c(C)c(C)nc3cc([C@H]4CC[C@H](C(F)(F)F)CC4)nn23)C1. The molecule has 1 amide bonds. The molecule has 2 atom stereocenters. The van der Waals surface area contributed by atoms with E-state index in [0.29, 0.717) is 31.8 Å². The van der Waals surface area contributed by atoms with E-state index >= 15 is 0 Å². The highest BCUT2D eigenvalue weighted by Crippen LogP contribution is 2.43. The molecule has 1 aliphatic heterocycles. The zero-order chi connectivity index (χ0) is 23.2. The molecule has 3 heterocycles. The summed E-state index contributed by atoms with van der Waals surface area (Å²) in [6.07, 6.45) is -2.33. The third-order valence-corrected chi connectivity index (χ3v) is 7.50. The molecule has 32 heavy (non-hydrogen) atoms. The van der Waals surface area contributed by atoms with E-state index in [4.69, 9.17) is 14.8 Å². The number of amides is 1. The monoisotopic (exact) mass is 452 g/mol. The number of hydrogen-bond acceptors (Lipinski definition) is 4. The minimum Gasteiger partial charge on any atom is -0.453 e. The smallest absolute Gasteiger partial charge is 0.409 e. The van der Waals surface area contributed by atoms with E-state index in [1.807, 2.05) is 24.4 Å². The molecule has 4 rings (SSSR count). The molecule has 1 saturated carbocycles. The van der Waals surface area contributed by atoms with Crippen LogP contribution in [0.25, 0.3) is 5.65 Å². The van der Waals surface area contributed by atoms with Crippen molar-refractivity contribution in [1.29, 1.82) is 0 Å². The fourth-order valence-electron chi connectivity index (χ4n) is 5.32. The van der Waals surface area contributed by atoms with E-state index in [2.05, 4.69) is 6.92 Å². The fraction of sp³-hybridized carbons (Fsp3) is 0.696. The van der Waals surface area contributed by atoms with Crippen molar-refractivity contribution in [3.8, 4) is 0 Å². The van der Waals surface area contributed by atoms with Crippen LogP contribution in [0.5, 0.6) is 0 Å². The van der Waals surface area contributed by atoms with Crippen molar-refractivity contribution in [3.63, 3.8) is 0 Å². The van der Waals surface area contributed by atoms with Crippen molar-refractivity contribution in [3.05, 3.63) is 28.7 Å². The third-order valence-electron chi connectivity index (χ3n) is 7.50. The van der Waals surface area contributed by atoms with E-state index < -0.39 is 12.1 Å². The maximum atomic E-state index is 13.1. The molecular formula is C23H31F3N4O2. The molecule has 0 N–H and O–H groups in total. The molecule has 9 heteroatoms. The van der Waals surface area contributed by atoms with Crippen LogP contribution in [-0.4, -0.2) is 52.0 Å². The first-order valence-electron chi connectivity index (χ1n) is 11.4. The number of ether oxygens (including phenoxy) is 1. The molecule has 0 unspecified atom stereocenters. The zero-order valence-corrected chi connectivity index (χ0v) is 19.1. The van der Waals surface area contributed by atoms with Crippen molar-refractivity contribution < 1.29 is 22.7 Å². The maximum Gasteiger partial charge on any atom is 0.409 e. The number of halogens is 3. The molecule has 2 aromatic rings. The van der Waals surface area contributed by atoms with E-state index in [1.165, 1.54) is 7.11 Å². The highest BCUT2D eigenvalue weighted by atomic mass is 19.4. The second-order valence-corrected chi connectivity index (χ2v) is 9.43. The van der Waals surface area contributed by atoms with E-state index in [0.717, 1.165) is 34.7 Å². The van der Waals surface area contributed by atoms with Gasteiger partial charge in [-0.25, -0.2) is 14.3 Å². The van der Waals surface area contributed by atoms with E-state index in [9.17, 15) is 18.0 Å². The number of piperidine rings is 1. The number of nitrogens with zero attached hydrogens (tertiary/aromatic N) is 4. The van der Waals surface area contributed by atoms with Gasteiger partial charge < -0.3 is 9.64 Å². The second kappa shape index (κ2) is 8.56. The van der Waals surface area contributed by atoms with Crippen LogP contribution in [0.3, 0.4) is 0 Å². The van der Waals surface area contributed by atoms with Crippen molar-refractivity contribution >= 4 is 11.7 Å². The Kier molecular flexibility index (Phi) is 6.11. The predicted octanol–water partition coefficient (Wildman–Crippen LogP) is 5.37. The Balaban J connectivity index is 1.67. The lowest BCUT2D eigenvalue weighted by Crippen LogP contribution is -2.42. The maximum absolute atomic E-state index is 13.1. The summed E-state index contributed by atoms with van der Waals surface area (Å²) >= 11 is 0. The van der Waals surface area contributed by atoms with Gasteiger partial charge in [0.05, 0.1) is 24.4 Å². The van der Waals surface area contributed by atoms with Gasteiger partial charge in [0.2, 0.25) is 0 Å². The molecule has 0 aromatic carbocycles. The normalized spacial score (nSPS) is 27.0. The lowest BCUT2D eigenvalue weighted by atomic mass is 9.80. The number of carbonyl (C=O) groups is 1. The van der Waals surface area contributed by atoms with E-state index in [-0.39, 0.29) is 30.8 Å². The first-order chi connectivity index (χ1) is 15.1. The van der Waals surface area contributed by atoms with Crippen molar-refractivity contribution in [1.82, 2.24) is 19.5 Å². The van der Waals surface area contributed by atoms with Gasteiger partial charge in [-0.05, 0) is 57.4 Å². The molecule has 0 spiro atoms. The fourth-order valence-corrected chi connectivity index (χ4v) is 5.32. The molecule has 2 fully saturated rings. The number of likely N-dealkylation sites (tertiary alicyclic amines) is 1. The average Bonchev–Trinajstić information content (AvgIpc) is 3.17. The molecular weight excluding hydrogens is 421 g/mol. The Morgan fingerprint density at radius 3 is 2.47 bits per heavy atom. The number of carbonyl (C=O) groups excluding carboxylic acids is 1. The highest BCUT2D eigenvalue weighted by molar-refractivity contribution is 5.67. The predicted molar refractivity (Wildman–Crippen MR) is 114 cm³/mol. The van der Waals surface area contributed by atoms with Crippen LogP contribution in [0, 0.1) is 25.7 Å². The van der Waals surface area contributed by atoms with Crippen molar-refractivity contribution in [2.24, 2.45) is 11.8 Å². The quantitative estimate of drug-likeness (QED) is 0.614. The Morgan fingerprint density at radius 2 is 1.84 bits per heavy atom. The number of rotatable bonds is 2. The number of hydrogen-bond donors (Lipinski definition) is 0. The first-order valence-corrected chi connectivity index (χ1v) is 11.4. The largest absolute Gasteiger partial charge is 0.453 e.